The summed E-state index contributed by atoms with van der Waals surface area (Å²) in [6, 6.07) is -0.819. The van der Waals surface area contributed by atoms with E-state index in [1.54, 1.807) is 0 Å². The molecule has 76 valence electrons. The molecule has 0 rings (SSSR count). The Kier molecular flexibility index (Phi) is 6.68. The summed E-state index contributed by atoms with van der Waals surface area (Å²) in [6.45, 7) is 0. The molecule has 0 aliphatic carbocycles. The molecule has 1 unspecified atom stereocenters. The molecule has 0 aromatic rings. The fraction of sp³-hybridized carbons (Fsp3) is 0.857. The minimum absolute atomic E-state index is 0.178. The molecule has 0 aliphatic rings. The lowest BCUT2D eigenvalue weighted by molar-refractivity contribution is -0.164. The second-order valence-electron chi connectivity index (χ2n) is 2.85. The number of carbonyl (C=O) groups is 1. The van der Waals surface area contributed by atoms with Gasteiger partial charge < -0.3 is 15.7 Å². The summed E-state index contributed by atoms with van der Waals surface area (Å²) in [5.41, 5.74) is 5.24. The van der Waals surface area contributed by atoms with Gasteiger partial charge in [-0.05, 0) is 19.3 Å². The van der Waals surface area contributed by atoms with E-state index in [0.717, 1.165) is 0 Å². The maximum Gasteiger partial charge on any atom is 0.320 e. The van der Waals surface area contributed by atoms with E-state index in [-0.39, 0.29) is 6.16 Å². The summed E-state index contributed by atoms with van der Waals surface area (Å²) in [5.74, 6) is -1.00. The molecule has 5 nitrogen and oxygen atoms in total. The first kappa shape index (κ1) is 12.5. The summed E-state index contributed by atoms with van der Waals surface area (Å²) in [6.07, 6.45) is 2.55. The molecule has 0 spiro atoms. The average Bonchev–Trinajstić information content (AvgIpc) is 2.02. The van der Waals surface area contributed by atoms with Crippen molar-refractivity contribution in [2.75, 3.05) is 6.16 Å². The van der Waals surface area contributed by atoms with Crippen LogP contribution < -0.4 is 10.6 Å². The van der Waals surface area contributed by atoms with E-state index in [9.17, 15) is 14.3 Å². The largest absolute Gasteiger partial charge is 0.596 e. The zero-order valence-corrected chi connectivity index (χ0v) is 8.20. The van der Waals surface area contributed by atoms with E-state index in [4.69, 9.17) is 10.8 Å². The summed E-state index contributed by atoms with van der Waals surface area (Å²) in [5, 5.41) is 8.40. The first-order valence-corrected chi connectivity index (χ1v) is 5.50. The quantitative estimate of drug-likeness (QED) is 0.453. The van der Waals surface area contributed by atoms with Crippen LogP contribution in [0.2, 0.25) is 0 Å². The Morgan fingerprint density at radius 3 is 2.54 bits per heavy atom. The van der Waals surface area contributed by atoms with Gasteiger partial charge in [-0.1, -0.05) is 11.0 Å². The van der Waals surface area contributed by atoms with E-state index in [1.165, 1.54) is 0 Å². The van der Waals surface area contributed by atoms with Crippen molar-refractivity contribution < 1.29 is 19.4 Å². The lowest BCUT2D eigenvalue weighted by atomic mass is 10.1. The third-order valence-corrected chi connectivity index (χ3v) is 2.35. The van der Waals surface area contributed by atoms with Gasteiger partial charge in [-0.3, -0.25) is 4.79 Å². The van der Waals surface area contributed by atoms with Crippen LogP contribution in [-0.4, -0.2) is 23.3 Å². The highest BCUT2D eigenvalue weighted by molar-refractivity contribution is 7.36. The molecule has 0 aromatic heterocycles. The van der Waals surface area contributed by atoms with E-state index in [1.807, 2.05) is 0 Å². The highest BCUT2D eigenvalue weighted by atomic mass is 31.1. The molecule has 0 aromatic carbocycles. The Morgan fingerprint density at radius 2 is 2.08 bits per heavy atom. The Bertz CT molecular complexity index is 185. The van der Waals surface area contributed by atoms with Gasteiger partial charge in [-0.15, -0.1) is 0 Å². The van der Waals surface area contributed by atoms with Crippen LogP contribution in [-0.2, 0) is 9.36 Å². The molecule has 13 heavy (non-hydrogen) atoms. The molecular weight excluding hydrogens is 193 g/mol. The topological polar surface area (TPSA) is 103 Å². The van der Waals surface area contributed by atoms with Crippen LogP contribution in [0.15, 0.2) is 0 Å². The third kappa shape index (κ3) is 7.84. The summed E-state index contributed by atoms with van der Waals surface area (Å²) >= 11 is 0. The van der Waals surface area contributed by atoms with Crippen molar-refractivity contribution in [3.05, 3.63) is 0 Å². The van der Waals surface area contributed by atoms with Gasteiger partial charge in [0.1, 0.15) is 12.2 Å². The third-order valence-electron chi connectivity index (χ3n) is 1.67. The molecule has 0 fully saturated rings. The van der Waals surface area contributed by atoms with Crippen LogP contribution in [0.25, 0.3) is 0 Å². The number of aliphatic carboxylic acids is 1. The molecule has 0 amide bonds. The van der Waals surface area contributed by atoms with Crippen molar-refractivity contribution in [3.63, 3.8) is 0 Å². The average molecular weight is 207 g/mol. The van der Waals surface area contributed by atoms with Crippen LogP contribution >= 0.6 is 8.03 Å². The SMILES string of the molecule is N[C@@H](CCCCC[P+](=O)[O-])C(=O)O. The van der Waals surface area contributed by atoms with Crippen molar-refractivity contribution >= 4 is 14.0 Å². The van der Waals surface area contributed by atoms with Crippen molar-refractivity contribution in [1.29, 1.82) is 0 Å². The van der Waals surface area contributed by atoms with Gasteiger partial charge in [0.15, 0.2) is 0 Å². The zero-order valence-electron chi connectivity index (χ0n) is 7.31. The Balaban J connectivity index is 3.26. The maximum atomic E-state index is 10.2. The predicted octanol–water partition coefficient (Wildman–Crippen LogP) is 0.0614. The van der Waals surface area contributed by atoms with Crippen LogP contribution in [0.5, 0.6) is 0 Å². The van der Waals surface area contributed by atoms with Crippen LogP contribution in [0.1, 0.15) is 25.7 Å². The van der Waals surface area contributed by atoms with Crippen molar-refractivity contribution in [2.45, 2.75) is 31.7 Å². The van der Waals surface area contributed by atoms with E-state index < -0.39 is 20.0 Å². The van der Waals surface area contributed by atoms with Crippen LogP contribution in [0.3, 0.4) is 0 Å². The normalized spacial score (nSPS) is 13.8. The number of rotatable bonds is 7. The Hall–Kier alpha value is -0.510. The molecule has 0 radical (unpaired) electrons. The van der Waals surface area contributed by atoms with Crippen molar-refractivity contribution in [2.24, 2.45) is 5.73 Å². The minimum atomic E-state index is -2.29. The zero-order chi connectivity index (χ0) is 10.3. The highest BCUT2D eigenvalue weighted by Gasteiger charge is 2.10. The second kappa shape index (κ2) is 6.95. The van der Waals surface area contributed by atoms with Gasteiger partial charge in [0, 0.05) is 0 Å². The molecule has 6 heteroatoms. The molecular formula is C7H14NO4P. The highest BCUT2D eigenvalue weighted by Crippen LogP contribution is 2.12. The molecule has 0 saturated carbocycles. The summed E-state index contributed by atoms with van der Waals surface area (Å²) in [4.78, 5) is 20.4. The smallest absolute Gasteiger partial charge is 0.320 e. The maximum absolute atomic E-state index is 10.2. The van der Waals surface area contributed by atoms with Gasteiger partial charge in [0.2, 0.25) is 0 Å². The van der Waals surface area contributed by atoms with Gasteiger partial charge in [0.25, 0.3) is 0 Å². The Morgan fingerprint density at radius 1 is 1.46 bits per heavy atom. The second-order valence-corrected chi connectivity index (χ2v) is 3.96. The molecule has 0 bridgehead atoms. The number of nitrogens with two attached hydrogens (primary N) is 1. The predicted molar refractivity (Wildman–Crippen MR) is 46.6 cm³/mol. The Labute approximate surface area is 77.8 Å². The molecule has 0 aliphatic heterocycles. The summed E-state index contributed by atoms with van der Waals surface area (Å²) < 4.78 is 10.1. The van der Waals surface area contributed by atoms with E-state index in [2.05, 4.69) is 0 Å². The first-order chi connectivity index (χ1) is 6.04. The van der Waals surface area contributed by atoms with Gasteiger partial charge in [-0.25, -0.2) is 0 Å². The first-order valence-electron chi connectivity index (χ1n) is 4.14. The summed E-state index contributed by atoms with van der Waals surface area (Å²) in [7, 11) is -2.29. The fourth-order valence-electron chi connectivity index (χ4n) is 0.905. The van der Waals surface area contributed by atoms with Crippen LogP contribution in [0.4, 0.5) is 0 Å². The molecule has 0 heterocycles. The molecule has 3 N–H and O–H groups in total. The van der Waals surface area contributed by atoms with Gasteiger partial charge >= 0.3 is 14.0 Å². The number of carboxylic acid groups (broad SMARTS) is 1. The molecule has 2 atom stereocenters. The van der Waals surface area contributed by atoms with Gasteiger partial charge in [-0.2, -0.15) is 0 Å². The number of hydrogen-bond donors (Lipinski definition) is 2. The van der Waals surface area contributed by atoms with Crippen molar-refractivity contribution in [3.8, 4) is 0 Å². The monoisotopic (exact) mass is 207 g/mol. The lowest BCUT2D eigenvalue weighted by Crippen LogP contribution is -2.29. The number of carboxylic acids is 1. The van der Waals surface area contributed by atoms with Crippen LogP contribution in [0, 0.1) is 0 Å². The van der Waals surface area contributed by atoms with E-state index >= 15 is 0 Å². The number of hydrogen-bond acceptors (Lipinski definition) is 4. The van der Waals surface area contributed by atoms with E-state index in [0.29, 0.717) is 25.7 Å². The van der Waals surface area contributed by atoms with Gasteiger partial charge in [0.05, 0.1) is 0 Å². The van der Waals surface area contributed by atoms with Crippen molar-refractivity contribution in [1.82, 2.24) is 0 Å². The standard InChI is InChI=1S/C7H14NO4P/c8-6(7(9)10)4-2-1-3-5-13(11)12/h6H,1-5,8H2,(H,9,10)/t6-/m0/s1. The lowest BCUT2D eigenvalue weighted by Gasteiger charge is -2.04. The number of unbranched alkanes of at least 4 members (excludes halogenated alkanes) is 2. The fourth-order valence-corrected chi connectivity index (χ4v) is 1.39. The molecule has 0 saturated heterocycles. The minimum Gasteiger partial charge on any atom is -0.596 e.